The van der Waals surface area contributed by atoms with Crippen LogP contribution in [0.25, 0.3) is 0 Å². The summed E-state index contributed by atoms with van der Waals surface area (Å²) in [6.07, 6.45) is 2.18. The fourth-order valence-electron chi connectivity index (χ4n) is 2.99. The number of halogens is 1. The molecule has 26 heavy (non-hydrogen) atoms. The smallest absolute Gasteiger partial charge is 0.193 e. The van der Waals surface area contributed by atoms with Crippen molar-refractivity contribution in [2.24, 2.45) is 4.99 Å². The maximum absolute atomic E-state index is 5.37. The third kappa shape index (κ3) is 7.19. The predicted octanol–water partition coefficient (Wildman–Crippen LogP) is 2.83. The number of nitrogens with zero attached hydrogens (tertiary/aromatic N) is 3. The molecule has 0 aromatic heterocycles. The number of anilines is 1. The van der Waals surface area contributed by atoms with Gasteiger partial charge in [-0.2, -0.15) is 0 Å². The van der Waals surface area contributed by atoms with Crippen molar-refractivity contribution in [1.82, 2.24) is 10.2 Å². The standard InChI is InChI=1S/C19H32N4O2.HI/c1-4-25-15-6-5-10-21-19(20-2)23-13-11-22(12-14-23)17-8-7-9-18(16-17)24-3;/h7-9,16H,4-6,10-15H2,1-3H3,(H,20,21);1H. The first-order valence-electron chi connectivity index (χ1n) is 9.20. The normalized spacial score (nSPS) is 14.8. The molecule has 1 aliphatic heterocycles. The van der Waals surface area contributed by atoms with E-state index < -0.39 is 0 Å². The monoisotopic (exact) mass is 476 g/mol. The highest BCUT2D eigenvalue weighted by molar-refractivity contribution is 14.0. The Balaban J connectivity index is 0.00000338. The maximum Gasteiger partial charge on any atom is 0.193 e. The molecule has 2 rings (SSSR count). The number of rotatable bonds is 8. The van der Waals surface area contributed by atoms with Crippen LogP contribution in [-0.2, 0) is 4.74 Å². The fourth-order valence-corrected chi connectivity index (χ4v) is 2.99. The number of benzene rings is 1. The molecule has 1 saturated heterocycles. The zero-order valence-corrected chi connectivity index (χ0v) is 18.6. The number of aliphatic imine (C=N–C) groups is 1. The van der Waals surface area contributed by atoms with Gasteiger partial charge in [-0.05, 0) is 31.9 Å². The molecule has 7 heteroatoms. The minimum Gasteiger partial charge on any atom is -0.497 e. The molecule has 0 bridgehead atoms. The Morgan fingerprint density at radius 3 is 2.62 bits per heavy atom. The summed E-state index contributed by atoms with van der Waals surface area (Å²) in [6.45, 7) is 8.52. The Morgan fingerprint density at radius 1 is 1.19 bits per heavy atom. The number of hydrogen-bond donors (Lipinski definition) is 1. The van der Waals surface area contributed by atoms with Crippen molar-refractivity contribution < 1.29 is 9.47 Å². The van der Waals surface area contributed by atoms with Gasteiger partial charge < -0.3 is 24.6 Å². The lowest BCUT2D eigenvalue weighted by Crippen LogP contribution is -2.52. The molecule has 1 aromatic rings. The molecule has 1 N–H and O–H groups in total. The van der Waals surface area contributed by atoms with Gasteiger partial charge in [0.05, 0.1) is 7.11 Å². The number of unbranched alkanes of at least 4 members (excludes halogenated alkanes) is 1. The predicted molar refractivity (Wildman–Crippen MR) is 119 cm³/mol. The summed E-state index contributed by atoms with van der Waals surface area (Å²) >= 11 is 0. The van der Waals surface area contributed by atoms with Crippen molar-refractivity contribution >= 4 is 35.6 Å². The Bertz CT molecular complexity index is 534. The van der Waals surface area contributed by atoms with Crippen LogP contribution < -0.4 is 15.0 Å². The SMILES string of the molecule is CCOCCCCNC(=NC)N1CCN(c2cccc(OC)c2)CC1.I. The molecule has 1 heterocycles. The summed E-state index contributed by atoms with van der Waals surface area (Å²) in [5.74, 6) is 1.91. The largest absolute Gasteiger partial charge is 0.497 e. The zero-order chi connectivity index (χ0) is 17.9. The molecule has 148 valence electrons. The number of methoxy groups -OCH3 is 1. The highest BCUT2D eigenvalue weighted by Gasteiger charge is 2.19. The van der Waals surface area contributed by atoms with Gasteiger partial charge in [-0.25, -0.2) is 0 Å². The second kappa shape index (κ2) is 13.0. The van der Waals surface area contributed by atoms with Crippen LogP contribution in [0.1, 0.15) is 19.8 Å². The molecule has 1 aromatic carbocycles. The van der Waals surface area contributed by atoms with Crippen molar-refractivity contribution in [2.75, 3.05) is 65.0 Å². The van der Waals surface area contributed by atoms with Crippen molar-refractivity contribution in [1.29, 1.82) is 0 Å². The Morgan fingerprint density at radius 2 is 1.96 bits per heavy atom. The van der Waals surface area contributed by atoms with Crippen LogP contribution in [0.5, 0.6) is 5.75 Å². The van der Waals surface area contributed by atoms with Gasteiger partial charge in [-0.15, -0.1) is 24.0 Å². The fraction of sp³-hybridized carbons (Fsp3) is 0.632. The average molecular weight is 476 g/mol. The molecule has 0 aliphatic carbocycles. The van der Waals surface area contributed by atoms with Crippen LogP contribution in [0.3, 0.4) is 0 Å². The summed E-state index contributed by atoms with van der Waals surface area (Å²) < 4.78 is 10.7. The number of guanidine groups is 1. The van der Waals surface area contributed by atoms with Gasteiger partial charge in [-0.3, -0.25) is 4.99 Å². The molecule has 1 aliphatic rings. The first kappa shape index (κ1) is 22.8. The van der Waals surface area contributed by atoms with Gasteiger partial charge in [0.25, 0.3) is 0 Å². The topological polar surface area (TPSA) is 49.3 Å². The highest BCUT2D eigenvalue weighted by atomic mass is 127. The van der Waals surface area contributed by atoms with E-state index in [0.29, 0.717) is 0 Å². The van der Waals surface area contributed by atoms with Gasteiger partial charge in [0.15, 0.2) is 5.96 Å². The number of piperazine rings is 1. The number of hydrogen-bond acceptors (Lipinski definition) is 4. The molecule has 1 fully saturated rings. The molecule has 0 amide bonds. The van der Waals surface area contributed by atoms with E-state index in [1.165, 1.54) is 5.69 Å². The van der Waals surface area contributed by atoms with Crippen molar-refractivity contribution in [3.63, 3.8) is 0 Å². The average Bonchev–Trinajstić information content (AvgIpc) is 2.68. The zero-order valence-electron chi connectivity index (χ0n) is 16.2. The van der Waals surface area contributed by atoms with Crippen molar-refractivity contribution in [2.45, 2.75) is 19.8 Å². The molecular weight excluding hydrogens is 443 g/mol. The molecule has 0 saturated carbocycles. The van der Waals surface area contributed by atoms with Crippen LogP contribution in [0, 0.1) is 0 Å². The van der Waals surface area contributed by atoms with E-state index in [0.717, 1.165) is 70.5 Å². The third-order valence-electron chi connectivity index (χ3n) is 4.41. The van der Waals surface area contributed by atoms with Gasteiger partial charge in [-0.1, -0.05) is 6.07 Å². The second-order valence-corrected chi connectivity index (χ2v) is 6.05. The minimum atomic E-state index is 0. The summed E-state index contributed by atoms with van der Waals surface area (Å²) in [5, 5.41) is 3.47. The molecule has 0 spiro atoms. The Kier molecular flexibility index (Phi) is 11.4. The molecule has 0 radical (unpaired) electrons. The van der Waals surface area contributed by atoms with Gasteiger partial charge in [0.1, 0.15) is 5.75 Å². The van der Waals surface area contributed by atoms with Crippen LogP contribution in [-0.4, -0.2) is 71.0 Å². The lowest BCUT2D eigenvalue weighted by molar-refractivity contribution is 0.143. The summed E-state index contributed by atoms with van der Waals surface area (Å²) in [7, 11) is 3.57. The second-order valence-electron chi connectivity index (χ2n) is 6.05. The van der Waals surface area contributed by atoms with Crippen LogP contribution in [0.4, 0.5) is 5.69 Å². The molecule has 0 unspecified atom stereocenters. The summed E-state index contributed by atoms with van der Waals surface area (Å²) in [6, 6.07) is 8.27. The number of nitrogens with one attached hydrogen (secondary N) is 1. The van der Waals surface area contributed by atoms with Gasteiger partial charge in [0.2, 0.25) is 0 Å². The van der Waals surface area contributed by atoms with E-state index in [4.69, 9.17) is 9.47 Å². The number of ether oxygens (including phenoxy) is 2. The van der Waals surface area contributed by atoms with E-state index in [1.807, 2.05) is 26.1 Å². The maximum atomic E-state index is 5.37. The van der Waals surface area contributed by atoms with E-state index >= 15 is 0 Å². The Labute approximate surface area is 175 Å². The first-order chi connectivity index (χ1) is 12.3. The van der Waals surface area contributed by atoms with Crippen molar-refractivity contribution in [3.8, 4) is 5.75 Å². The lowest BCUT2D eigenvalue weighted by Gasteiger charge is -2.37. The van der Waals surface area contributed by atoms with Gasteiger partial charge >= 0.3 is 0 Å². The quantitative estimate of drug-likeness (QED) is 0.271. The minimum absolute atomic E-state index is 0. The van der Waals surface area contributed by atoms with E-state index in [2.05, 4.69) is 32.2 Å². The first-order valence-corrected chi connectivity index (χ1v) is 9.20. The van der Waals surface area contributed by atoms with Crippen LogP contribution in [0.2, 0.25) is 0 Å². The molecule has 6 nitrogen and oxygen atoms in total. The van der Waals surface area contributed by atoms with Crippen molar-refractivity contribution in [3.05, 3.63) is 24.3 Å². The third-order valence-corrected chi connectivity index (χ3v) is 4.41. The van der Waals surface area contributed by atoms with E-state index in [1.54, 1.807) is 7.11 Å². The Hall–Kier alpha value is -1.22. The van der Waals surface area contributed by atoms with Crippen LogP contribution >= 0.6 is 24.0 Å². The van der Waals surface area contributed by atoms with E-state index in [9.17, 15) is 0 Å². The highest BCUT2D eigenvalue weighted by Crippen LogP contribution is 2.22. The lowest BCUT2D eigenvalue weighted by atomic mass is 10.2. The van der Waals surface area contributed by atoms with E-state index in [-0.39, 0.29) is 24.0 Å². The summed E-state index contributed by atoms with van der Waals surface area (Å²) in [5.41, 5.74) is 1.22. The van der Waals surface area contributed by atoms with Crippen LogP contribution in [0.15, 0.2) is 29.3 Å². The van der Waals surface area contributed by atoms with Gasteiger partial charge in [0, 0.05) is 64.7 Å². The molecule has 0 atom stereocenters. The summed E-state index contributed by atoms with van der Waals surface area (Å²) in [4.78, 5) is 9.16. The molecular formula is C19H33IN4O2.